The molecule has 0 spiro atoms. The van der Waals surface area contributed by atoms with Crippen LogP contribution < -0.4 is 5.56 Å². The maximum atomic E-state index is 13.1. The minimum Gasteiger partial charge on any atom is -0.387 e. The van der Waals surface area contributed by atoms with E-state index in [0.29, 0.717) is 25.4 Å². The Labute approximate surface area is 178 Å². The van der Waals surface area contributed by atoms with Gasteiger partial charge in [-0.15, -0.1) is 0 Å². The lowest BCUT2D eigenvalue weighted by atomic mass is 9.69. The van der Waals surface area contributed by atoms with E-state index < -0.39 is 11.0 Å². The zero-order valence-corrected chi connectivity index (χ0v) is 18.6. The lowest BCUT2D eigenvalue weighted by Gasteiger charge is -2.50. The Morgan fingerprint density at radius 1 is 1.34 bits per heavy atom. The van der Waals surface area contributed by atoms with Crippen molar-refractivity contribution >= 4 is 17.5 Å². The molecule has 7 heteroatoms. The van der Waals surface area contributed by atoms with Gasteiger partial charge in [-0.2, -0.15) is 0 Å². The summed E-state index contributed by atoms with van der Waals surface area (Å²) in [7, 11) is 0. The van der Waals surface area contributed by atoms with Gasteiger partial charge in [0.05, 0.1) is 18.5 Å². The molecule has 6 nitrogen and oxygen atoms in total. The van der Waals surface area contributed by atoms with Crippen LogP contribution in [0.5, 0.6) is 0 Å². The molecule has 3 rings (SSSR count). The van der Waals surface area contributed by atoms with Gasteiger partial charge in [-0.25, -0.2) is 4.98 Å². The van der Waals surface area contributed by atoms with E-state index in [2.05, 4.69) is 4.98 Å². The number of carbonyl (C=O) groups is 1. The highest BCUT2D eigenvalue weighted by Crippen LogP contribution is 2.40. The normalized spacial score (nSPS) is 26.3. The van der Waals surface area contributed by atoms with Crippen LogP contribution in [0, 0.1) is 17.3 Å². The van der Waals surface area contributed by atoms with Crippen molar-refractivity contribution in [3.8, 4) is 0 Å². The SMILES string of the molecule is CC(CC1CCCCC1)C(=O)N1CCC(O)(Cn2cnc(Cl)cc2=O)C(C)(C)C1. The second-order valence-electron chi connectivity index (χ2n) is 9.74. The summed E-state index contributed by atoms with van der Waals surface area (Å²) in [5, 5.41) is 11.5. The van der Waals surface area contributed by atoms with E-state index in [9.17, 15) is 14.7 Å². The fourth-order valence-corrected chi connectivity index (χ4v) is 5.12. The van der Waals surface area contributed by atoms with E-state index in [0.717, 1.165) is 6.42 Å². The number of hydrogen-bond acceptors (Lipinski definition) is 4. The molecule has 2 heterocycles. The largest absolute Gasteiger partial charge is 0.387 e. The highest BCUT2D eigenvalue weighted by molar-refractivity contribution is 6.29. The van der Waals surface area contributed by atoms with E-state index >= 15 is 0 Å². The van der Waals surface area contributed by atoms with Crippen LogP contribution in [0.15, 0.2) is 17.2 Å². The second kappa shape index (κ2) is 8.76. The standard InChI is InChI=1S/C22H34ClN3O3/c1-16(11-17-7-5-4-6-8-17)20(28)25-10-9-22(29,21(2,3)13-25)14-26-15-24-18(23)12-19(26)27/h12,15-17,29H,4-11,13-14H2,1-3H3. The minimum atomic E-state index is -1.10. The van der Waals surface area contributed by atoms with Gasteiger partial charge in [0.15, 0.2) is 0 Å². The highest BCUT2D eigenvalue weighted by atomic mass is 35.5. The Kier molecular flexibility index (Phi) is 6.74. The number of halogens is 1. The summed E-state index contributed by atoms with van der Waals surface area (Å²) in [4.78, 5) is 31.1. The van der Waals surface area contributed by atoms with Gasteiger partial charge in [-0.05, 0) is 18.8 Å². The van der Waals surface area contributed by atoms with Crippen molar-refractivity contribution in [2.24, 2.45) is 17.3 Å². The Balaban J connectivity index is 1.65. The molecule has 0 aromatic carbocycles. The molecule has 2 atom stereocenters. The fourth-order valence-electron chi connectivity index (χ4n) is 4.98. The van der Waals surface area contributed by atoms with Gasteiger partial charge in [0.25, 0.3) is 5.56 Å². The highest BCUT2D eigenvalue weighted by Gasteiger charge is 2.49. The molecule has 2 unspecified atom stereocenters. The molecule has 1 N–H and O–H groups in total. The van der Waals surface area contributed by atoms with Gasteiger partial charge in [-0.3, -0.25) is 14.2 Å². The van der Waals surface area contributed by atoms with Crippen LogP contribution in [-0.4, -0.2) is 44.2 Å². The first-order valence-electron chi connectivity index (χ1n) is 10.8. The number of rotatable bonds is 5. The molecule has 1 aliphatic carbocycles. The zero-order chi connectivity index (χ0) is 21.2. The summed E-state index contributed by atoms with van der Waals surface area (Å²) < 4.78 is 1.40. The molecule has 0 bridgehead atoms. The van der Waals surface area contributed by atoms with Crippen molar-refractivity contribution in [2.45, 2.75) is 77.9 Å². The third kappa shape index (κ3) is 5.02. The Hall–Kier alpha value is -1.40. The van der Waals surface area contributed by atoms with E-state index in [-0.39, 0.29) is 29.1 Å². The first-order valence-corrected chi connectivity index (χ1v) is 11.2. The molecule has 1 aromatic rings. The van der Waals surface area contributed by atoms with Gasteiger partial charge >= 0.3 is 0 Å². The number of likely N-dealkylation sites (tertiary alicyclic amines) is 1. The average Bonchev–Trinajstić information content (AvgIpc) is 2.66. The summed E-state index contributed by atoms with van der Waals surface area (Å²) >= 11 is 5.77. The van der Waals surface area contributed by atoms with E-state index in [1.54, 1.807) is 0 Å². The van der Waals surface area contributed by atoms with Crippen molar-refractivity contribution in [1.29, 1.82) is 0 Å². The Bertz CT molecular complexity index is 788. The molecule has 1 saturated carbocycles. The molecule has 1 saturated heterocycles. The van der Waals surface area contributed by atoms with Gasteiger partial charge in [0.1, 0.15) is 5.15 Å². The van der Waals surface area contributed by atoms with E-state index in [1.165, 1.54) is 49.1 Å². The third-order valence-corrected chi connectivity index (χ3v) is 7.27. The molecular weight excluding hydrogens is 390 g/mol. The summed E-state index contributed by atoms with van der Waals surface area (Å²) in [6, 6.07) is 1.25. The minimum absolute atomic E-state index is 0.0168. The summed E-state index contributed by atoms with van der Waals surface area (Å²) in [5.41, 5.74) is -1.94. The number of carbonyl (C=O) groups excluding carboxylic acids is 1. The van der Waals surface area contributed by atoms with Crippen LogP contribution in [0.1, 0.15) is 65.7 Å². The van der Waals surface area contributed by atoms with E-state index in [1.807, 2.05) is 25.7 Å². The summed E-state index contributed by atoms with van der Waals surface area (Å²) in [5.74, 6) is 0.876. The topological polar surface area (TPSA) is 75.4 Å². The number of aliphatic hydroxyl groups is 1. The first-order chi connectivity index (χ1) is 13.6. The number of hydrogen-bond donors (Lipinski definition) is 1. The second-order valence-corrected chi connectivity index (χ2v) is 10.1. The maximum absolute atomic E-state index is 13.1. The van der Waals surface area contributed by atoms with Crippen LogP contribution in [-0.2, 0) is 11.3 Å². The fraction of sp³-hybridized carbons (Fsp3) is 0.773. The first kappa shape index (κ1) is 22.3. The van der Waals surface area contributed by atoms with Crippen molar-refractivity contribution in [3.63, 3.8) is 0 Å². The summed E-state index contributed by atoms with van der Waals surface area (Å²) in [6.45, 7) is 7.10. The predicted molar refractivity (Wildman–Crippen MR) is 114 cm³/mol. The monoisotopic (exact) mass is 423 g/mol. The van der Waals surface area contributed by atoms with Gasteiger partial charge < -0.3 is 10.0 Å². The number of aromatic nitrogens is 2. The maximum Gasteiger partial charge on any atom is 0.254 e. The Morgan fingerprint density at radius 2 is 2.03 bits per heavy atom. The van der Waals surface area contributed by atoms with Crippen LogP contribution in [0.3, 0.4) is 0 Å². The van der Waals surface area contributed by atoms with Crippen molar-refractivity contribution in [3.05, 3.63) is 27.9 Å². The summed E-state index contributed by atoms with van der Waals surface area (Å²) in [6.07, 6.45) is 9.15. The lowest BCUT2D eigenvalue weighted by Crippen LogP contribution is -2.61. The smallest absolute Gasteiger partial charge is 0.254 e. The molecule has 1 aromatic heterocycles. The van der Waals surface area contributed by atoms with Gasteiger partial charge in [-0.1, -0.05) is 64.5 Å². The van der Waals surface area contributed by atoms with Crippen LogP contribution in [0.25, 0.3) is 0 Å². The number of amides is 1. The molecule has 1 aliphatic heterocycles. The predicted octanol–water partition coefficient (Wildman–Crippen LogP) is 3.49. The molecule has 1 amide bonds. The average molecular weight is 424 g/mol. The zero-order valence-electron chi connectivity index (χ0n) is 17.9. The van der Waals surface area contributed by atoms with Crippen molar-refractivity contribution in [2.75, 3.05) is 13.1 Å². The molecule has 0 radical (unpaired) electrons. The van der Waals surface area contributed by atoms with Crippen LogP contribution in [0.4, 0.5) is 0 Å². The quantitative estimate of drug-likeness (QED) is 0.735. The molecule has 162 valence electrons. The van der Waals surface area contributed by atoms with Crippen molar-refractivity contribution in [1.82, 2.24) is 14.5 Å². The molecule has 29 heavy (non-hydrogen) atoms. The molecular formula is C22H34ClN3O3. The third-order valence-electron chi connectivity index (χ3n) is 7.06. The van der Waals surface area contributed by atoms with Gasteiger partial charge in [0, 0.05) is 30.5 Å². The van der Waals surface area contributed by atoms with E-state index in [4.69, 9.17) is 11.6 Å². The van der Waals surface area contributed by atoms with Crippen LogP contribution in [0.2, 0.25) is 5.15 Å². The molecule has 2 fully saturated rings. The van der Waals surface area contributed by atoms with Gasteiger partial charge in [0.2, 0.25) is 5.91 Å². The number of piperidine rings is 1. The number of nitrogens with zero attached hydrogens (tertiary/aromatic N) is 3. The lowest BCUT2D eigenvalue weighted by molar-refractivity contribution is -0.157. The molecule has 2 aliphatic rings. The van der Waals surface area contributed by atoms with Crippen molar-refractivity contribution < 1.29 is 9.90 Å². The Morgan fingerprint density at radius 3 is 2.66 bits per heavy atom. The van der Waals surface area contributed by atoms with Crippen LogP contribution >= 0.6 is 11.6 Å².